The second-order valence-corrected chi connectivity index (χ2v) is 4.47. The quantitative estimate of drug-likeness (QED) is 0.690. The molecule has 1 aliphatic rings. The average molecular weight is 266 g/mol. The number of aliphatic hydroxyl groups is 1. The predicted octanol–water partition coefficient (Wildman–Crippen LogP) is 0.418. The Balaban J connectivity index is 0.000000191. The molecule has 0 radical (unpaired) electrons. The highest BCUT2D eigenvalue weighted by atomic mass is 16.5. The van der Waals surface area contributed by atoms with Gasteiger partial charge in [0, 0.05) is 12.6 Å². The lowest BCUT2D eigenvalue weighted by molar-refractivity contribution is -0.129. The molecule has 0 bridgehead atoms. The summed E-state index contributed by atoms with van der Waals surface area (Å²) >= 11 is 0. The summed E-state index contributed by atoms with van der Waals surface area (Å²) in [5.74, 6) is 0. The van der Waals surface area contributed by atoms with Crippen molar-refractivity contribution in [2.24, 2.45) is 5.73 Å². The Labute approximate surface area is 113 Å². The first kappa shape index (κ1) is 15.6. The zero-order valence-electron chi connectivity index (χ0n) is 11.0. The summed E-state index contributed by atoms with van der Waals surface area (Å²) < 4.78 is 4.54. The number of β-amino-alcohol motifs (C(OH)–C–C–N with tert-alkyl or cyclic N) is 1. The minimum absolute atomic E-state index is 0.0139. The number of nitrogens with two attached hydrogens (primary N) is 1. The lowest BCUT2D eigenvalue weighted by Crippen LogP contribution is -2.38. The molecular formula is C14H22N2O3. The summed E-state index contributed by atoms with van der Waals surface area (Å²) in [6.07, 6.45) is 1.68. The van der Waals surface area contributed by atoms with E-state index in [4.69, 9.17) is 5.73 Å². The van der Waals surface area contributed by atoms with Gasteiger partial charge >= 0.3 is 0 Å². The number of nitrogens with one attached hydrogen (secondary N) is 1. The molecule has 1 heterocycles. The van der Waals surface area contributed by atoms with Gasteiger partial charge in [-0.2, -0.15) is 0 Å². The molecule has 1 fully saturated rings. The second-order valence-electron chi connectivity index (χ2n) is 4.47. The molecule has 1 aromatic carbocycles. The van der Waals surface area contributed by atoms with Crippen LogP contribution >= 0.6 is 0 Å². The molecular weight excluding hydrogens is 244 g/mol. The van der Waals surface area contributed by atoms with Crippen LogP contribution in [-0.2, 0) is 16.1 Å². The zero-order chi connectivity index (χ0) is 13.9. The van der Waals surface area contributed by atoms with Gasteiger partial charge in [0.15, 0.2) is 0 Å². The van der Waals surface area contributed by atoms with Crippen LogP contribution in [0.15, 0.2) is 30.3 Å². The van der Waals surface area contributed by atoms with Gasteiger partial charge in [0.05, 0.1) is 6.10 Å². The van der Waals surface area contributed by atoms with Crippen LogP contribution in [0.2, 0.25) is 0 Å². The smallest absolute Gasteiger partial charge is 0.293 e. The lowest BCUT2D eigenvalue weighted by Gasteiger charge is -2.13. The Morgan fingerprint density at radius 2 is 2.16 bits per heavy atom. The summed E-state index contributed by atoms with van der Waals surface area (Å²) in [6, 6.07) is 9.53. The van der Waals surface area contributed by atoms with E-state index in [0.717, 1.165) is 24.9 Å². The van der Waals surface area contributed by atoms with Gasteiger partial charge in [-0.3, -0.25) is 4.79 Å². The summed E-state index contributed by atoms with van der Waals surface area (Å²) in [5, 5.41) is 12.3. The third-order valence-corrected chi connectivity index (χ3v) is 2.90. The SMILES string of the molecule is NC1CCCNCC1O.O=COCc1ccccc1. The summed E-state index contributed by atoms with van der Waals surface area (Å²) in [4.78, 5) is 9.76. The first-order chi connectivity index (χ1) is 9.24. The van der Waals surface area contributed by atoms with Crippen molar-refractivity contribution in [3.8, 4) is 0 Å². The molecule has 19 heavy (non-hydrogen) atoms. The zero-order valence-corrected chi connectivity index (χ0v) is 11.0. The molecule has 5 heteroatoms. The first-order valence-electron chi connectivity index (χ1n) is 6.47. The van der Waals surface area contributed by atoms with E-state index in [0.29, 0.717) is 19.6 Å². The molecule has 1 saturated heterocycles. The Morgan fingerprint density at radius 3 is 2.84 bits per heavy atom. The summed E-state index contributed by atoms with van der Waals surface area (Å²) in [6.45, 7) is 2.46. The molecule has 0 amide bonds. The van der Waals surface area contributed by atoms with Crippen LogP contribution in [-0.4, -0.2) is 36.8 Å². The van der Waals surface area contributed by atoms with Crippen LogP contribution in [0.5, 0.6) is 0 Å². The van der Waals surface area contributed by atoms with Crippen molar-refractivity contribution in [3.05, 3.63) is 35.9 Å². The number of benzene rings is 1. The van der Waals surface area contributed by atoms with Crippen LogP contribution < -0.4 is 11.1 Å². The van der Waals surface area contributed by atoms with Crippen molar-refractivity contribution in [2.75, 3.05) is 13.1 Å². The Kier molecular flexibility index (Phi) is 7.81. The maximum atomic E-state index is 9.76. The van der Waals surface area contributed by atoms with E-state index in [9.17, 15) is 9.90 Å². The minimum atomic E-state index is -0.340. The van der Waals surface area contributed by atoms with Gasteiger partial charge in [-0.1, -0.05) is 30.3 Å². The number of hydrogen-bond donors (Lipinski definition) is 3. The van der Waals surface area contributed by atoms with Gasteiger partial charge in [-0.25, -0.2) is 0 Å². The van der Waals surface area contributed by atoms with Crippen molar-refractivity contribution in [3.63, 3.8) is 0 Å². The van der Waals surface area contributed by atoms with Crippen molar-refractivity contribution < 1.29 is 14.6 Å². The van der Waals surface area contributed by atoms with Crippen molar-refractivity contribution in [1.29, 1.82) is 0 Å². The van der Waals surface area contributed by atoms with E-state index in [2.05, 4.69) is 10.1 Å². The first-order valence-corrected chi connectivity index (χ1v) is 6.47. The van der Waals surface area contributed by atoms with E-state index in [1.54, 1.807) is 0 Å². The highest BCUT2D eigenvalue weighted by molar-refractivity contribution is 5.37. The fraction of sp³-hybridized carbons (Fsp3) is 0.500. The molecule has 0 saturated carbocycles. The fourth-order valence-corrected chi connectivity index (χ4v) is 1.76. The van der Waals surface area contributed by atoms with Crippen molar-refractivity contribution in [2.45, 2.75) is 31.6 Å². The van der Waals surface area contributed by atoms with Gasteiger partial charge in [-0.15, -0.1) is 0 Å². The van der Waals surface area contributed by atoms with Crippen LogP contribution in [0.25, 0.3) is 0 Å². The highest BCUT2D eigenvalue weighted by Crippen LogP contribution is 2.02. The number of aliphatic hydroxyl groups excluding tert-OH is 1. The molecule has 2 rings (SSSR count). The number of ether oxygens (including phenoxy) is 1. The van der Waals surface area contributed by atoms with Gasteiger partial charge < -0.3 is 20.9 Å². The maximum Gasteiger partial charge on any atom is 0.293 e. The van der Waals surface area contributed by atoms with Gasteiger partial charge in [0.2, 0.25) is 0 Å². The number of rotatable bonds is 3. The van der Waals surface area contributed by atoms with E-state index in [1.807, 2.05) is 30.3 Å². The largest absolute Gasteiger partial charge is 0.463 e. The lowest BCUT2D eigenvalue weighted by atomic mass is 10.1. The monoisotopic (exact) mass is 266 g/mol. The predicted molar refractivity (Wildman–Crippen MR) is 73.4 cm³/mol. The molecule has 1 aromatic rings. The molecule has 0 spiro atoms. The number of hydrogen-bond acceptors (Lipinski definition) is 5. The third-order valence-electron chi connectivity index (χ3n) is 2.90. The molecule has 0 aliphatic carbocycles. The van der Waals surface area contributed by atoms with E-state index < -0.39 is 0 Å². The summed E-state index contributed by atoms with van der Waals surface area (Å²) in [7, 11) is 0. The maximum absolute atomic E-state index is 9.76. The second kappa shape index (κ2) is 9.49. The molecule has 2 atom stereocenters. The molecule has 0 aromatic heterocycles. The number of carbonyl (C=O) groups excluding carboxylic acids is 1. The van der Waals surface area contributed by atoms with Gasteiger partial charge in [0.1, 0.15) is 6.61 Å². The molecule has 5 nitrogen and oxygen atoms in total. The fourth-order valence-electron chi connectivity index (χ4n) is 1.76. The number of carbonyl (C=O) groups is 1. The van der Waals surface area contributed by atoms with Crippen LogP contribution in [0.3, 0.4) is 0 Å². The standard InChI is InChI=1S/C8H8O2.C6H14N2O/c9-7-10-6-8-4-2-1-3-5-8;7-5-2-1-3-8-4-6(5)9/h1-5,7H,6H2;5-6,8-9H,1-4,7H2. The summed E-state index contributed by atoms with van der Waals surface area (Å²) in [5.41, 5.74) is 6.60. The third kappa shape index (κ3) is 6.91. The Morgan fingerprint density at radius 1 is 1.42 bits per heavy atom. The van der Waals surface area contributed by atoms with E-state index in [1.165, 1.54) is 0 Å². The van der Waals surface area contributed by atoms with Crippen molar-refractivity contribution >= 4 is 6.47 Å². The van der Waals surface area contributed by atoms with Crippen molar-refractivity contribution in [1.82, 2.24) is 5.32 Å². The molecule has 106 valence electrons. The minimum Gasteiger partial charge on any atom is -0.463 e. The Bertz CT molecular complexity index is 336. The normalized spacial score (nSPS) is 22.6. The average Bonchev–Trinajstić information content (AvgIpc) is 2.63. The topological polar surface area (TPSA) is 84.6 Å². The van der Waals surface area contributed by atoms with Crippen LogP contribution in [0, 0.1) is 0 Å². The van der Waals surface area contributed by atoms with E-state index >= 15 is 0 Å². The van der Waals surface area contributed by atoms with Gasteiger partial charge in [-0.05, 0) is 24.9 Å². The van der Waals surface area contributed by atoms with E-state index in [-0.39, 0.29) is 12.1 Å². The molecule has 2 unspecified atom stereocenters. The van der Waals surface area contributed by atoms with Crippen LogP contribution in [0.1, 0.15) is 18.4 Å². The highest BCUT2D eigenvalue weighted by Gasteiger charge is 2.16. The molecule has 1 aliphatic heterocycles. The molecule has 4 N–H and O–H groups in total. The van der Waals surface area contributed by atoms with Crippen LogP contribution in [0.4, 0.5) is 0 Å². The Hall–Kier alpha value is -1.43. The van der Waals surface area contributed by atoms with Gasteiger partial charge in [0.25, 0.3) is 6.47 Å².